The monoisotopic (exact) mass is 223 g/mol. The van der Waals surface area contributed by atoms with Gasteiger partial charge < -0.3 is 14.5 Å². The van der Waals surface area contributed by atoms with E-state index < -0.39 is 9.28 Å². The average molecular weight is 223 g/mol. The third kappa shape index (κ3) is 3.66. The first-order valence-electron chi connectivity index (χ1n) is 5.54. The van der Waals surface area contributed by atoms with E-state index in [1.807, 2.05) is 0 Å². The predicted molar refractivity (Wildman–Crippen MR) is 69.3 cm³/mol. The van der Waals surface area contributed by atoms with Crippen molar-refractivity contribution in [2.45, 2.75) is 13.8 Å². The first kappa shape index (κ1) is 12.2. The molecule has 2 N–H and O–H groups in total. The molecular weight excluding hydrogens is 202 g/mol. The van der Waals surface area contributed by atoms with Gasteiger partial charge in [0.05, 0.1) is 0 Å². The molecule has 0 atom stereocenters. The second-order valence-electron chi connectivity index (χ2n) is 3.46. The molecule has 0 saturated carbocycles. The third-order valence-electron chi connectivity index (χ3n) is 2.35. The minimum absolute atomic E-state index is 1.01. The van der Waals surface area contributed by atoms with E-state index in [2.05, 4.69) is 65.8 Å². The SMILES string of the molecule is CCN[SiH](NCC)N(C)c1ccccc1. The van der Waals surface area contributed by atoms with Gasteiger partial charge in [-0.25, -0.2) is 0 Å². The molecule has 84 valence electrons. The molecule has 0 bridgehead atoms. The number of rotatable bonds is 6. The minimum Gasteiger partial charge on any atom is -0.379 e. The minimum atomic E-state index is -1.22. The van der Waals surface area contributed by atoms with Gasteiger partial charge in [0.15, 0.2) is 0 Å². The van der Waals surface area contributed by atoms with Gasteiger partial charge in [0, 0.05) is 5.69 Å². The number of nitrogens with one attached hydrogen (secondary N) is 2. The van der Waals surface area contributed by atoms with E-state index in [9.17, 15) is 0 Å². The van der Waals surface area contributed by atoms with Crippen molar-refractivity contribution in [3.63, 3.8) is 0 Å². The van der Waals surface area contributed by atoms with Crippen LogP contribution in [0.15, 0.2) is 30.3 Å². The van der Waals surface area contributed by atoms with Crippen LogP contribution in [0.4, 0.5) is 5.69 Å². The zero-order chi connectivity index (χ0) is 11.1. The van der Waals surface area contributed by atoms with Gasteiger partial charge in [-0.1, -0.05) is 32.0 Å². The zero-order valence-electron chi connectivity index (χ0n) is 9.83. The summed E-state index contributed by atoms with van der Waals surface area (Å²) in [4.78, 5) is 7.07. The summed E-state index contributed by atoms with van der Waals surface area (Å²) in [7, 11) is 0.929. The fourth-order valence-electron chi connectivity index (χ4n) is 1.54. The van der Waals surface area contributed by atoms with Crippen LogP contribution >= 0.6 is 0 Å². The molecule has 0 aliphatic carbocycles. The largest absolute Gasteiger partial charge is 0.379 e. The highest BCUT2D eigenvalue weighted by molar-refractivity contribution is 6.57. The average Bonchev–Trinajstić information content (AvgIpc) is 2.29. The van der Waals surface area contributed by atoms with Gasteiger partial charge in [-0.15, -0.1) is 0 Å². The predicted octanol–water partition coefficient (Wildman–Crippen LogP) is 1.06. The van der Waals surface area contributed by atoms with E-state index in [0.717, 1.165) is 13.1 Å². The maximum Gasteiger partial charge on any atom is 0.297 e. The Bertz CT molecular complexity index is 260. The Kier molecular flexibility index (Phi) is 5.38. The van der Waals surface area contributed by atoms with Crippen LogP contribution in [0.25, 0.3) is 0 Å². The van der Waals surface area contributed by atoms with Crippen molar-refractivity contribution in [1.82, 2.24) is 9.96 Å². The molecule has 3 nitrogen and oxygen atoms in total. The molecule has 15 heavy (non-hydrogen) atoms. The summed E-state index contributed by atoms with van der Waals surface area (Å²) in [5, 5.41) is 0. The van der Waals surface area contributed by atoms with Gasteiger partial charge in [-0.05, 0) is 32.3 Å². The van der Waals surface area contributed by atoms with Crippen LogP contribution in [0.1, 0.15) is 13.8 Å². The van der Waals surface area contributed by atoms with Crippen molar-refractivity contribution in [3.05, 3.63) is 30.3 Å². The topological polar surface area (TPSA) is 27.3 Å². The molecule has 0 aliphatic rings. The Morgan fingerprint density at radius 2 is 1.60 bits per heavy atom. The molecule has 0 spiro atoms. The number of nitrogens with zero attached hydrogens (tertiary/aromatic N) is 1. The highest BCUT2D eigenvalue weighted by Crippen LogP contribution is 2.10. The standard InChI is InChI=1S/C11H21N3Si/c1-4-12-15(13-5-2)14(3)11-9-7-6-8-10-11/h6-10,12-13,15H,4-5H2,1-3H3. The van der Waals surface area contributed by atoms with Gasteiger partial charge in [0.25, 0.3) is 9.28 Å². The lowest BCUT2D eigenvalue weighted by Gasteiger charge is -2.29. The van der Waals surface area contributed by atoms with E-state index in [1.54, 1.807) is 0 Å². The Balaban J connectivity index is 2.67. The lowest BCUT2D eigenvalue weighted by Crippen LogP contribution is -2.59. The van der Waals surface area contributed by atoms with Gasteiger partial charge in [-0.3, -0.25) is 0 Å². The molecule has 1 rings (SSSR count). The number of anilines is 1. The fraction of sp³-hybridized carbons (Fsp3) is 0.455. The van der Waals surface area contributed by atoms with Crippen molar-refractivity contribution in [2.24, 2.45) is 0 Å². The van der Waals surface area contributed by atoms with Crippen LogP contribution in [0.3, 0.4) is 0 Å². The molecule has 0 fully saturated rings. The summed E-state index contributed by atoms with van der Waals surface area (Å²) in [6, 6.07) is 10.5. The van der Waals surface area contributed by atoms with Gasteiger partial charge in [0.2, 0.25) is 0 Å². The first-order chi connectivity index (χ1) is 7.29. The van der Waals surface area contributed by atoms with E-state index in [1.165, 1.54) is 5.69 Å². The molecule has 0 aromatic heterocycles. The fourth-order valence-corrected chi connectivity index (χ4v) is 3.48. The molecule has 0 saturated heterocycles. The van der Waals surface area contributed by atoms with E-state index >= 15 is 0 Å². The number of hydrogen-bond acceptors (Lipinski definition) is 3. The Labute approximate surface area is 94.3 Å². The van der Waals surface area contributed by atoms with E-state index in [4.69, 9.17) is 0 Å². The van der Waals surface area contributed by atoms with Gasteiger partial charge >= 0.3 is 0 Å². The first-order valence-corrected chi connectivity index (χ1v) is 7.21. The van der Waals surface area contributed by atoms with E-state index in [-0.39, 0.29) is 0 Å². The van der Waals surface area contributed by atoms with Crippen molar-refractivity contribution < 1.29 is 0 Å². The number of para-hydroxylation sites is 1. The highest BCUT2D eigenvalue weighted by Gasteiger charge is 2.14. The summed E-state index contributed by atoms with van der Waals surface area (Å²) in [6.45, 7) is 6.33. The smallest absolute Gasteiger partial charge is 0.297 e. The van der Waals surface area contributed by atoms with Gasteiger partial charge in [-0.2, -0.15) is 0 Å². The summed E-state index contributed by atoms with van der Waals surface area (Å²) >= 11 is 0. The molecule has 1 aromatic rings. The highest BCUT2D eigenvalue weighted by atomic mass is 28.3. The van der Waals surface area contributed by atoms with Crippen molar-refractivity contribution in [1.29, 1.82) is 0 Å². The molecule has 0 unspecified atom stereocenters. The summed E-state index contributed by atoms with van der Waals surface area (Å²) < 4.78 is 2.34. The van der Waals surface area contributed by atoms with Crippen LogP contribution in [0.5, 0.6) is 0 Å². The second-order valence-corrected chi connectivity index (χ2v) is 5.86. The Hall–Kier alpha value is -0.843. The molecule has 4 heteroatoms. The Morgan fingerprint density at radius 1 is 1.07 bits per heavy atom. The second kappa shape index (κ2) is 6.61. The maximum atomic E-state index is 3.54. The summed E-state index contributed by atoms with van der Waals surface area (Å²) in [6.07, 6.45) is 0. The Morgan fingerprint density at radius 3 is 2.07 bits per heavy atom. The summed E-state index contributed by atoms with van der Waals surface area (Å²) in [5.41, 5.74) is 1.27. The number of hydrogen-bond donors (Lipinski definition) is 2. The molecule has 0 radical (unpaired) electrons. The van der Waals surface area contributed by atoms with Crippen LogP contribution < -0.4 is 14.5 Å². The zero-order valence-corrected chi connectivity index (χ0v) is 11.0. The summed E-state index contributed by atoms with van der Waals surface area (Å²) in [5.74, 6) is 0. The van der Waals surface area contributed by atoms with Gasteiger partial charge in [0.1, 0.15) is 0 Å². The maximum absolute atomic E-state index is 3.54. The van der Waals surface area contributed by atoms with Crippen LogP contribution in [-0.2, 0) is 0 Å². The van der Waals surface area contributed by atoms with Crippen LogP contribution in [0, 0.1) is 0 Å². The number of benzene rings is 1. The molecule has 0 aliphatic heterocycles. The van der Waals surface area contributed by atoms with Crippen LogP contribution in [0.2, 0.25) is 0 Å². The quantitative estimate of drug-likeness (QED) is 0.706. The van der Waals surface area contributed by atoms with Crippen molar-refractivity contribution >= 4 is 15.0 Å². The lowest BCUT2D eigenvalue weighted by molar-refractivity contribution is 0.873. The van der Waals surface area contributed by atoms with Crippen molar-refractivity contribution in [3.8, 4) is 0 Å². The lowest BCUT2D eigenvalue weighted by atomic mass is 10.3. The molecule has 0 heterocycles. The van der Waals surface area contributed by atoms with E-state index in [0.29, 0.717) is 0 Å². The third-order valence-corrected chi connectivity index (χ3v) is 5.01. The molecular formula is C11H21N3Si. The van der Waals surface area contributed by atoms with Crippen molar-refractivity contribution in [2.75, 3.05) is 24.7 Å². The molecule has 0 amide bonds. The normalized spacial score (nSPS) is 10.7. The van der Waals surface area contributed by atoms with Crippen LogP contribution in [-0.4, -0.2) is 29.4 Å². The molecule has 1 aromatic carbocycles.